The number of likely N-dealkylation sites (tertiary alicyclic amines) is 1. The van der Waals surface area contributed by atoms with E-state index in [4.69, 9.17) is 4.74 Å². The number of β-amino-alcohol motifs (C(OH)–C–C–N with tert-alkyl or cyclic N) is 1. The minimum absolute atomic E-state index is 0.0151. The summed E-state index contributed by atoms with van der Waals surface area (Å²) in [6, 6.07) is 5.66. The summed E-state index contributed by atoms with van der Waals surface area (Å²) < 4.78 is 7.14. The number of imidazole rings is 1. The van der Waals surface area contributed by atoms with E-state index in [-0.39, 0.29) is 24.9 Å². The number of amides is 1. The third-order valence-electron chi connectivity index (χ3n) is 4.12. The molecule has 0 radical (unpaired) electrons. The Balaban J connectivity index is 1.58. The maximum Gasteiger partial charge on any atom is 0.410 e. The highest BCUT2D eigenvalue weighted by Crippen LogP contribution is 2.21. The number of carbonyl (C=O) groups excluding carboxylic acids is 1. The normalized spacial score (nSPS) is 19.8. The quantitative estimate of drug-likeness (QED) is 0.650. The van der Waals surface area contributed by atoms with Crippen molar-refractivity contribution in [2.75, 3.05) is 6.54 Å². The van der Waals surface area contributed by atoms with Gasteiger partial charge in [-0.05, 0) is 24.1 Å². The van der Waals surface area contributed by atoms with Gasteiger partial charge in [-0.25, -0.2) is 9.78 Å². The lowest BCUT2D eigenvalue weighted by atomic mass is 10.2. The highest BCUT2D eigenvalue weighted by Gasteiger charge is 2.35. The molecule has 1 fully saturated rings. The zero-order chi connectivity index (χ0) is 17.8. The van der Waals surface area contributed by atoms with Crippen molar-refractivity contribution in [2.24, 2.45) is 0 Å². The Morgan fingerprint density at radius 2 is 2.16 bits per heavy atom. The molecular weight excluding hydrogens is 328 g/mol. The van der Waals surface area contributed by atoms with Crippen LogP contribution in [-0.2, 0) is 17.9 Å². The van der Waals surface area contributed by atoms with E-state index in [0.717, 1.165) is 0 Å². The Morgan fingerprint density at radius 3 is 2.80 bits per heavy atom. The fourth-order valence-corrected chi connectivity index (χ4v) is 2.87. The molecule has 0 spiro atoms. The number of nitro groups is 1. The van der Waals surface area contributed by atoms with Crippen LogP contribution in [0, 0.1) is 10.1 Å². The number of nitro benzene ring substituents is 1. The molecule has 1 aliphatic rings. The van der Waals surface area contributed by atoms with Crippen LogP contribution in [0.2, 0.25) is 0 Å². The van der Waals surface area contributed by atoms with E-state index in [2.05, 4.69) is 4.98 Å². The first-order valence-corrected chi connectivity index (χ1v) is 7.83. The van der Waals surface area contributed by atoms with Gasteiger partial charge in [0.1, 0.15) is 6.61 Å². The highest BCUT2D eigenvalue weighted by molar-refractivity contribution is 5.68. The van der Waals surface area contributed by atoms with Gasteiger partial charge in [0.05, 0.1) is 29.9 Å². The van der Waals surface area contributed by atoms with Crippen LogP contribution in [0.25, 0.3) is 0 Å². The predicted molar refractivity (Wildman–Crippen MR) is 86.6 cm³/mol. The molecule has 1 saturated heterocycles. The zero-order valence-corrected chi connectivity index (χ0v) is 13.4. The van der Waals surface area contributed by atoms with Crippen LogP contribution in [0.15, 0.2) is 43.0 Å². The fraction of sp³-hybridized carbons (Fsp3) is 0.375. The SMILES string of the molecule is O=C(OCc1ccc([N+](=O)[O-])cc1)N1C[C@H](O)C[C@H]1Cn1ccnc1. The molecule has 2 atom stereocenters. The van der Waals surface area contributed by atoms with E-state index >= 15 is 0 Å². The summed E-state index contributed by atoms with van der Waals surface area (Å²) in [6.45, 7) is 0.767. The summed E-state index contributed by atoms with van der Waals surface area (Å²) in [7, 11) is 0. The van der Waals surface area contributed by atoms with Crippen molar-refractivity contribution >= 4 is 11.8 Å². The second kappa shape index (κ2) is 7.31. The third-order valence-corrected chi connectivity index (χ3v) is 4.12. The van der Waals surface area contributed by atoms with Gasteiger partial charge in [-0.1, -0.05) is 0 Å². The summed E-state index contributed by atoms with van der Waals surface area (Å²) in [5.74, 6) is 0. The van der Waals surface area contributed by atoms with Crippen LogP contribution in [-0.4, -0.2) is 49.3 Å². The summed E-state index contributed by atoms with van der Waals surface area (Å²) in [4.78, 5) is 28.0. The van der Waals surface area contributed by atoms with Gasteiger partial charge in [0.2, 0.25) is 0 Å². The van der Waals surface area contributed by atoms with Gasteiger partial charge in [0.15, 0.2) is 0 Å². The van der Waals surface area contributed by atoms with Crippen molar-refractivity contribution in [3.8, 4) is 0 Å². The number of aromatic nitrogens is 2. The summed E-state index contributed by atoms with van der Waals surface area (Å²) in [5, 5.41) is 20.5. The molecule has 0 bridgehead atoms. The molecule has 0 saturated carbocycles. The van der Waals surface area contributed by atoms with Crippen LogP contribution in [0.3, 0.4) is 0 Å². The van der Waals surface area contributed by atoms with E-state index < -0.39 is 17.1 Å². The molecule has 1 amide bonds. The molecule has 1 N–H and O–H groups in total. The number of benzene rings is 1. The Labute approximate surface area is 143 Å². The molecule has 1 aromatic carbocycles. The molecular formula is C16H18N4O5. The van der Waals surface area contributed by atoms with E-state index in [1.165, 1.54) is 17.0 Å². The average molecular weight is 346 g/mol. The van der Waals surface area contributed by atoms with Gasteiger partial charge in [0.25, 0.3) is 5.69 Å². The largest absolute Gasteiger partial charge is 0.445 e. The number of aliphatic hydroxyl groups is 1. The number of hydrogen-bond acceptors (Lipinski definition) is 6. The van der Waals surface area contributed by atoms with Gasteiger partial charge in [0, 0.05) is 31.1 Å². The minimum Gasteiger partial charge on any atom is -0.445 e. The van der Waals surface area contributed by atoms with Crippen molar-refractivity contribution < 1.29 is 19.6 Å². The van der Waals surface area contributed by atoms with Crippen LogP contribution < -0.4 is 0 Å². The van der Waals surface area contributed by atoms with Gasteiger partial charge < -0.3 is 19.3 Å². The van der Waals surface area contributed by atoms with Gasteiger partial charge in [-0.3, -0.25) is 10.1 Å². The minimum atomic E-state index is -0.583. The van der Waals surface area contributed by atoms with Crippen molar-refractivity contribution in [2.45, 2.75) is 31.7 Å². The average Bonchev–Trinajstić information content (AvgIpc) is 3.23. The molecule has 9 nitrogen and oxygen atoms in total. The maximum absolute atomic E-state index is 12.3. The van der Waals surface area contributed by atoms with Gasteiger partial charge in [-0.15, -0.1) is 0 Å². The fourth-order valence-electron chi connectivity index (χ4n) is 2.87. The van der Waals surface area contributed by atoms with E-state index in [0.29, 0.717) is 18.5 Å². The molecule has 2 aromatic rings. The molecule has 9 heteroatoms. The van der Waals surface area contributed by atoms with Crippen molar-refractivity contribution in [3.05, 3.63) is 58.7 Å². The zero-order valence-electron chi connectivity index (χ0n) is 13.4. The second-order valence-corrected chi connectivity index (χ2v) is 5.93. The molecule has 132 valence electrons. The third kappa shape index (κ3) is 4.13. The summed E-state index contributed by atoms with van der Waals surface area (Å²) in [6.07, 6.45) is 4.49. The van der Waals surface area contributed by atoms with Crippen LogP contribution in [0.5, 0.6) is 0 Å². The van der Waals surface area contributed by atoms with Crippen molar-refractivity contribution in [3.63, 3.8) is 0 Å². The lowest BCUT2D eigenvalue weighted by molar-refractivity contribution is -0.384. The second-order valence-electron chi connectivity index (χ2n) is 5.93. The van der Waals surface area contributed by atoms with Crippen molar-refractivity contribution in [1.29, 1.82) is 0 Å². The Bertz CT molecular complexity index is 731. The molecule has 2 heterocycles. The molecule has 1 aromatic heterocycles. The topological polar surface area (TPSA) is 111 Å². The van der Waals surface area contributed by atoms with E-state index in [1.807, 2.05) is 4.57 Å². The van der Waals surface area contributed by atoms with Crippen molar-refractivity contribution in [1.82, 2.24) is 14.5 Å². The number of aliphatic hydroxyl groups excluding tert-OH is 1. The highest BCUT2D eigenvalue weighted by atomic mass is 16.6. The Hall–Kier alpha value is -2.94. The summed E-state index contributed by atoms with van der Waals surface area (Å²) >= 11 is 0. The smallest absolute Gasteiger partial charge is 0.410 e. The first-order chi connectivity index (χ1) is 12.0. The number of ether oxygens (including phenoxy) is 1. The van der Waals surface area contributed by atoms with Crippen LogP contribution >= 0.6 is 0 Å². The number of hydrogen-bond donors (Lipinski definition) is 1. The first kappa shape index (κ1) is 16.9. The number of carbonyl (C=O) groups is 1. The number of non-ortho nitro benzene ring substituents is 1. The maximum atomic E-state index is 12.3. The Kier molecular flexibility index (Phi) is 4.94. The Morgan fingerprint density at radius 1 is 1.40 bits per heavy atom. The molecule has 25 heavy (non-hydrogen) atoms. The predicted octanol–water partition coefficient (Wildman–Crippen LogP) is 1.56. The monoisotopic (exact) mass is 346 g/mol. The molecule has 0 aliphatic carbocycles. The van der Waals surface area contributed by atoms with E-state index in [1.54, 1.807) is 30.9 Å². The first-order valence-electron chi connectivity index (χ1n) is 7.83. The lowest BCUT2D eigenvalue weighted by Gasteiger charge is -2.24. The van der Waals surface area contributed by atoms with Crippen LogP contribution in [0.4, 0.5) is 10.5 Å². The van der Waals surface area contributed by atoms with E-state index in [9.17, 15) is 20.0 Å². The standard InChI is InChI=1S/C16H18N4O5/c21-15-7-14(8-18-6-5-17-11-18)19(9-15)16(22)25-10-12-1-3-13(4-2-12)20(23)24/h1-6,11,14-15,21H,7-10H2/t14-,15+/m0/s1. The number of nitrogens with zero attached hydrogens (tertiary/aromatic N) is 4. The molecule has 0 unspecified atom stereocenters. The lowest BCUT2D eigenvalue weighted by Crippen LogP contribution is -2.38. The van der Waals surface area contributed by atoms with Crippen LogP contribution in [0.1, 0.15) is 12.0 Å². The molecule has 3 rings (SSSR count). The van der Waals surface area contributed by atoms with Gasteiger partial charge in [-0.2, -0.15) is 0 Å². The molecule has 1 aliphatic heterocycles. The number of rotatable bonds is 5. The van der Waals surface area contributed by atoms with Gasteiger partial charge >= 0.3 is 6.09 Å². The summed E-state index contributed by atoms with van der Waals surface area (Å²) in [5.41, 5.74) is 0.642.